The van der Waals surface area contributed by atoms with E-state index < -0.39 is 11.5 Å². The van der Waals surface area contributed by atoms with Gasteiger partial charge in [-0.3, -0.25) is 4.79 Å². The lowest BCUT2D eigenvalue weighted by molar-refractivity contribution is -0.156. The van der Waals surface area contributed by atoms with E-state index in [-0.39, 0.29) is 5.91 Å². The van der Waals surface area contributed by atoms with Crippen molar-refractivity contribution in [1.29, 1.82) is 0 Å². The third-order valence-corrected chi connectivity index (χ3v) is 3.51. The highest BCUT2D eigenvalue weighted by Gasteiger charge is 2.41. The zero-order chi connectivity index (χ0) is 15.5. The molecule has 0 aliphatic rings. The normalized spacial score (nSPS) is 13.2. The summed E-state index contributed by atoms with van der Waals surface area (Å²) in [6, 6.07) is 4.78. The Morgan fingerprint density at radius 1 is 1.20 bits per heavy atom. The summed E-state index contributed by atoms with van der Waals surface area (Å²) in [5.41, 5.74) is -1.05. The number of rotatable bonds is 5. The largest absolute Gasteiger partial charge is 0.493 e. The van der Waals surface area contributed by atoms with Crippen LogP contribution in [-0.4, -0.2) is 43.2 Å². The molecule has 1 aromatic carbocycles. The van der Waals surface area contributed by atoms with Crippen LogP contribution in [0.5, 0.6) is 11.5 Å². The summed E-state index contributed by atoms with van der Waals surface area (Å²) < 4.78 is 10.3. The van der Waals surface area contributed by atoms with Gasteiger partial charge in [-0.15, -0.1) is 0 Å². The second-order valence-corrected chi connectivity index (χ2v) is 4.53. The second kappa shape index (κ2) is 5.81. The predicted octanol–water partition coefficient (Wildman–Crippen LogP) is 1.48. The molecule has 0 spiro atoms. The number of hydrogen-bond donors (Lipinski definition) is 1. The molecule has 6 nitrogen and oxygen atoms in total. The van der Waals surface area contributed by atoms with E-state index in [1.165, 1.54) is 40.0 Å². The van der Waals surface area contributed by atoms with Crippen molar-refractivity contribution in [2.75, 3.05) is 21.3 Å². The molecule has 1 aromatic rings. The minimum absolute atomic E-state index is 0.343. The number of hydrogen-bond acceptors (Lipinski definition) is 4. The molecule has 110 valence electrons. The van der Waals surface area contributed by atoms with Gasteiger partial charge in [-0.1, -0.05) is 6.07 Å². The number of carboxylic acid groups (broad SMARTS) is 1. The van der Waals surface area contributed by atoms with Gasteiger partial charge in [-0.05, 0) is 24.6 Å². The first-order valence-corrected chi connectivity index (χ1v) is 5.99. The van der Waals surface area contributed by atoms with Crippen LogP contribution >= 0.6 is 0 Å². The molecule has 6 heteroatoms. The Hall–Kier alpha value is -2.24. The van der Waals surface area contributed by atoms with Crippen molar-refractivity contribution < 1.29 is 24.2 Å². The number of carbonyl (C=O) groups is 2. The number of aliphatic carboxylic acids is 1. The van der Waals surface area contributed by atoms with Crippen molar-refractivity contribution in [2.24, 2.45) is 0 Å². The fourth-order valence-corrected chi connectivity index (χ4v) is 1.91. The Morgan fingerprint density at radius 3 is 2.15 bits per heavy atom. The number of ether oxygens (including phenoxy) is 2. The molecule has 0 saturated heterocycles. The van der Waals surface area contributed by atoms with Crippen LogP contribution in [0.25, 0.3) is 0 Å². The fraction of sp³-hybridized carbons (Fsp3) is 0.429. The number of amides is 1. The van der Waals surface area contributed by atoms with Gasteiger partial charge in [0.15, 0.2) is 17.0 Å². The van der Waals surface area contributed by atoms with Crippen LogP contribution in [0.3, 0.4) is 0 Å². The molecular weight excluding hydrogens is 262 g/mol. The molecule has 1 unspecified atom stereocenters. The summed E-state index contributed by atoms with van der Waals surface area (Å²) in [5.74, 6) is -0.559. The molecule has 0 radical (unpaired) electrons. The van der Waals surface area contributed by atoms with E-state index in [2.05, 4.69) is 0 Å². The summed E-state index contributed by atoms with van der Waals surface area (Å²) >= 11 is 0. The summed E-state index contributed by atoms with van der Waals surface area (Å²) in [5, 5.41) is 9.53. The molecule has 1 atom stereocenters. The summed E-state index contributed by atoms with van der Waals surface area (Å²) in [6.07, 6.45) is 0. The SMILES string of the molecule is COc1ccc(C(C)(C(=O)O)N(C)C(C)=O)cc1OC. The highest BCUT2D eigenvalue weighted by molar-refractivity contribution is 5.87. The second-order valence-electron chi connectivity index (χ2n) is 4.53. The van der Waals surface area contributed by atoms with Crippen LogP contribution in [0.2, 0.25) is 0 Å². The van der Waals surface area contributed by atoms with Gasteiger partial charge in [0.05, 0.1) is 14.2 Å². The maximum atomic E-state index is 11.7. The average molecular weight is 281 g/mol. The van der Waals surface area contributed by atoms with Crippen molar-refractivity contribution in [3.05, 3.63) is 23.8 Å². The monoisotopic (exact) mass is 281 g/mol. The van der Waals surface area contributed by atoms with E-state index in [9.17, 15) is 14.7 Å². The van der Waals surface area contributed by atoms with E-state index in [0.29, 0.717) is 17.1 Å². The lowest BCUT2D eigenvalue weighted by atomic mass is 9.90. The van der Waals surface area contributed by atoms with Gasteiger partial charge in [0.2, 0.25) is 5.91 Å². The van der Waals surface area contributed by atoms with Crippen molar-refractivity contribution in [3.63, 3.8) is 0 Å². The minimum atomic E-state index is -1.48. The van der Waals surface area contributed by atoms with Crippen LogP contribution in [0.15, 0.2) is 18.2 Å². The summed E-state index contributed by atoms with van der Waals surface area (Å²) in [6.45, 7) is 2.79. The quantitative estimate of drug-likeness (QED) is 0.884. The van der Waals surface area contributed by atoms with Gasteiger partial charge in [-0.2, -0.15) is 0 Å². The smallest absolute Gasteiger partial charge is 0.334 e. The minimum Gasteiger partial charge on any atom is -0.493 e. The molecule has 1 amide bonds. The van der Waals surface area contributed by atoms with E-state index in [1.807, 2.05) is 0 Å². The Balaban J connectivity index is 3.43. The van der Waals surface area contributed by atoms with Gasteiger partial charge in [0.1, 0.15) is 0 Å². The predicted molar refractivity (Wildman–Crippen MR) is 73.0 cm³/mol. The average Bonchev–Trinajstić information content (AvgIpc) is 2.44. The van der Waals surface area contributed by atoms with Crippen LogP contribution < -0.4 is 9.47 Å². The zero-order valence-corrected chi connectivity index (χ0v) is 12.3. The first kappa shape index (κ1) is 15.8. The Morgan fingerprint density at radius 2 is 1.75 bits per heavy atom. The van der Waals surface area contributed by atoms with Crippen molar-refractivity contribution in [2.45, 2.75) is 19.4 Å². The van der Waals surface area contributed by atoms with Gasteiger partial charge < -0.3 is 19.5 Å². The number of carboxylic acids is 1. The molecule has 1 rings (SSSR count). The molecule has 0 aromatic heterocycles. The van der Waals surface area contributed by atoms with Gasteiger partial charge in [0, 0.05) is 14.0 Å². The van der Waals surface area contributed by atoms with E-state index in [1.54, 1.807) is 18.2 Å². The molecule has 0 saturated carbocycles. The lowest BCUT2D eigenvalue weighted by Crippen LogP contribution is -2.49. The van der Waals surface area contributed by atoms with Gasteiger partial charge in [0.25, 0.3) is 0 Å². The lowest BCUT2D eigenvalue weighted by Gasteiger charge is -2.35. The maximum Gasteiger partial charge on any atom is 0.334 e. The summed E-state index contributed by atoms with van der Waals surface area (Å²) in [4.78, 5) is 24.4. The van der Waals surface area contributed by atoms with E-state index in [0.717, 1.165) is 0 Å². The van der Waals surface area contributed by atoms with Crippen molar-refractivity contribution in [3.8, 4) is 11.5 Å². The van der Waals surface area contributed by atoms with E-state index in [4.69, 9.17) is 9.47 Å². The Bertz CT molecular complexity index is 528. The third kappa shape index (κ3) is 2.54. The third-order valence-electron chi connectivity index (χ3n) is 3.51. The highest BCUT2D eigenvalue weighted by atomic mass is 16.5. The number of likely N-dealkylation sites (N-methyl/N-ethyl adjacent to an activating group) is 1. The maximum absolute atomic E-state index is 11.7. The van der Waals surface area contributed by atoms with E-state index >= 15 is 0 Å². The van der Waals surface area contributed by atoms with Gasteiger partial charge in [-0.25, -0.2) is 4.79 Å². The number of methoxy groups -OCH3 is 2. The first-order chi connectivity index (χ1) is 9.28. The number of carbonyl (C=O) groups excluding carboxylic acids is 1. The zero-order valence-electron chi connectivity index (χ0n) is 12.3. The topological polar surface area (TPSA) is 76.1 Å². The molecular formula is C14H19NO5. The molecule has 0 fully saturated rings. The molecule has 0 heterocycles. The van der Waals surface area contributed by atoms with Crippen LogP contribution in [0.1, 0.15) is 19.4 Å². The van der Waals surface area contributed by atoms with Crippen LogP contribution in [-0.2, 0) is 15.1 Å². The van der Waals surface area contributed by atoms with Crippen molar-refractivity contribution in [1.82, 2.24) is 4.90 Å². The fourth-order valence-electron chi connectivity index (χ4n) is 1.91. The molecule has 20 heavy (non-hydrogen) atoms. The van der Waals surface area contributed by atoms with Gasteiger partial charge >= 0.3 is 5.97 Å². The molecule has 0 aliphatic carbocycles. The first-order valence-electron chi connectivity index (χ1n) is 5.99. The Labute approximate surface area is 117 Å². The molecule has 0 aliphatic heterocycles. The standard InChI is InChI=1S/C14H19NO5/c1-9(16)15(3)14(2,13(17)18)10-6-7-11(19-4)12(8-10)20-5/h6-8H,1-5H3,(H,17,18). The van der Waals surface area contributed by atoms with Crippen molar-refractivity contribution >= 4 is 11.9 Å². The number of benzene rings is 1. The highest BCUT2D eigenvalue weighted by Crippen LogP contribution is 2.35. The Kier molecular flexibility index (Phi) is 4.60. The summed E-state index contributed by atoms with van der Waals surface area (Å²) in [7, 11) is 4.41. The number of nitrogens with zero attached hydrogens (tertiary/aromatic N) is 1. The molecule has 0 bridgehead atoms. The molecule has 1 N–H and O–H groups in total. The van der Waals surface area contributed by atoms with Crippen LogP contribution in [0.4, 0.5) is 0 Å². The van der Waals surface area contributed by atoms with Crippen LogP contribution in [0, 0.1) is 0 Å².